The van der Waals surface area contributed by atoms with Gasteiger partial charge in [-0.1, -0.05) is 0 Å². The first-order valence-corrected chi connectivity index (χ1v) is 8.05. The Morgan fingerprint density at radius 2 is 1.90 bits per heavy atom. The van der Waals surface area contributed by atoms with Gasteiger partial charge in [0.05, 0.1) is 6.10 Å². The maximum absolute atomic E-state index is 9.37. The van der Waals surface area contributed by atoms with Gasteiger partial charge in [-0.2, -0.15) is 15.0 Å². The molecule has 6 nitrogen and oxygen atoms in total. The second-order valence-electron chi connectivity index (χ2n) is 6.12. The molecule has 0 radical (unpaired) electrons. The summed E-state index contributed by atoms with van der Waals surface area (Å²) in [5, 5.41) is 9.62. The summed E-state index contributed by atoms with van der Waals surface area (Å²) in [5.41, 5.74) is 0. The third-order valence-corrected chi connectivity index (χ3v) is 4.48. The van der Waals surface area contributed by atoms with E-state index in [-0.39, 0.29) is 11.4 Å². The number of aliphatic hydroxyl groups is 1. The van der Waals surface area contributed by atoms with E-state index in [4.69, 9.17) is 11.6 Å². The molecule has 3 rings (SSSR count). The highest BCUT2D eigenvalue weighted by atomic mass is 35.5. The molecule has 1 N–H and O–H groups in total. The highest BCUT2D eigenvalue weighted by molar-refractivity contribution is 6.28. The van der Waals surface area contributed by atoms with Crippen LogP contribution in [0.4, 0.5) is 11.9 Å². The average molecular weight is 312 g/mol. The zero-order chi connectivity index (χ0) is 14.8. The van der Waals surface area contributed by atoms with Crippen molar-refractivity contribution >= 4 is 23.5 Å². The van der Waals surface area contributed by atoms with Crippen molar-refractivity contribution in [3.8, 4) is 0 Å². The highest BCUT2D eigenvalue weighted by Gasteiger charge is 2.29. The van der Waals surface area contributed by atoms with Gasteiger partial charge >= 0.3 is 0 Å². The number of hydrogen-bond acceptors (Lipinski definition) is 6. The Morgan fingerprint density at radius 1 is 1.19 bits per heavy atom. The smallest absolute Gasteiger partial charge is 0.231 e. The third kappa shape index (κ3) is 3.55. The lowest BCUT2D eigenvalue weighted by Crippen LogP contribution is -2.38. The van der Waals surface area contributed by atoms with E-state index < -0.39 is 0 Å². The van der Waals surface area contributed by atoms with Crippen LogP contribution in [0.15, 0.2) is 0 Å². The summed E-state index contributed by atoms with van der Waals surface area (Å²) < 4.78 is 0. The minimum absolute atomic E-state index is 0.130. The maximum Gasteiger partial charge on any atom is 0.231 e. The average Bonchev–Trinajstić information content (AvgIpc) is 2.46. The van der Waals surface area contributed by atoms with Crippen LogP contribution in [0.3, 0.4) is 0 Å². The van der Waals surface area contributed by atoms with E-state index in [2.05, 4.69) is 19.9 Å². The van der Waals surface area contributed by atoms with Crippen LogP contribution < -0.4 is 9.80 Å². The van der Waals surface area contributed by atoms with E-state index in [9.17, 15) is 5.11 Å². The molecule has 1 aromatic heterocycles. The fourth-order valence-corrected chi connectivity index (χ4v) is 3.21. The zero-order valence-electron chi connectivity index (χ0n) is 12.4. The van der Waals surface area contributed by atoms with Crippen LogP contribution in [0.2, 0.25) is 5.28 Å². The second-order valence-corrected chi connectivity index (χ2v) is 6.46. The molecular formula is C14H22ClN5O. The normalized spacial score (nSPS) is 25.6. The van der Waals surface area contributed by atoms with E-state index in [1.54, 1.807) is 0 Å². The van der Waals surface area contributed by atoms with Crippen LogP contribution >= 0.6 is 11.6 Å². The molecule has 1 saturated carbocycles. The SMILES string of the molecule is CN(CC1CC(O)C1)c1nc(Cl)nc(N2CCCCC2)n1. The number of halogens is 1. The first-order chi connectivity index (χ1) is 10.1. The van der Waals surface area contributed by atoms with E-state index in [1.165, 1.54) is 19.3 Å². The van der Waals surface area contributed by atoms with Crippen molar-refractivity contribution in [2.24, 2.45) is 5.92 Å². The zero-order valence-corrected chi connectivity index (χ0v) is 13.1. The molecule has 0 atom stereocenters. The fourth-order valence-electron chi connectivity index (χ4n) is 3.05. The van der Waals surface area contributed by atoms with Crippen LogP contribution in [-0.4, -0.2) is 52.8 Å². The maximum atomic E-state index is 9.37. The quantitative estimate of drug-likeness (QED) is 0.913. The number of aliphatic hydroxyl groups excluding tert-OH is 1. The van der Waals surface area contributed by atoms with Crippen molar-refractivity contribution < 1.29 is 5.11 Å². The molecule has 0 aromatic carbocycles. The number of anilines is 2. The van der Waals surface area contributed by atoms with Gasteiger partial charge in [0.15, 0.2) is 0 Å². The van der Waals surface area contributed by atoms with Gasteiger partial charge in [0.1, 0.15) is 0 Å². The summed E-state index contributed by atoms with van der Waals surface area (Å²) in [6.07, 6.45) is 5.22. The van der Waals surface area contributed by atoms with Gasteiger partial charge < -0.3 is 14.9 Å². The van der Waals surface area contributed by atoms with Crippen molar-refractivity contribution in [3.05, 3.63) is 5.28 Å². The van der Waals surface area contributed by atoms with Crippen molar-refractivity contribution in [1.29, 1.82) is 0 Å². The molecule has 1 aliphatic carbocycles. The molecule has 1 saturated heterocycles. The van der Waals surface area contributed by atoms with Crippen molar-refractivity contribution in [2.45, 2.75) is 38.2 Å². The highest BCUT2D eigenvalue weighted by Crippen LogP contribution is 2.29. The monoisotopic (exact) mass is 311 g/mol. The topological polar surface area (TPSA) is 65.4 Å². The number of aromatic nitrogens is 3. The Bertz CT molecular complexity index is 488. The predicted octanol–water partition coefficient (Wildman–Crippen LogP) is 1.72. The molecule has 7 heteroatoms. The second kappa shape index (κ2) is 6.32. The third-order valence-electron chi connectivity index (χ3n) is 4.31. The summed E-state index contributed by atoms with van der Waals surface area (Å²) in [5.74, 6) is 1.82. The molecule has 21 heavy (non-hydrogen) atoms. The van der Waals surface area contributed by atoms with Gasteiger partial charge in [-0.3, -0.25) is 0 Å². The minimum Gasteiger partial charge on any atom is -0.393 e. The summed E-state index contributed by atoms with van der Waals surface area (Å²) >= 11 is 6.07. The summed E-state index contributed by atoms with van der Waals surface area (Å²) in [6, 6.07) is 0. The van der Waals surface area contributed by atoms with Crippen LogP contribution in [0.25, 0.3) is 0 Å². The molecule has 0 bridgehead atoms. The van der Waals surface area contributed by atoms with Crippen molar-refractivity contribution in [2.75, 3.05) is 36.5 Å². The van der Waals surface area contributed by atoms with Crippen LogP contribution in [-0.2, 0) is 0 Å². The minimum atomic E-state index is -0.130. The van der Waals surface area contributed by atoms with Crippen LogP contribution in [0, 0.1) is 5.92 Å². The van der Waals surface area contributed by atoms with E-state index in [0.29, 0.717) is 17.8 Å². The molecule has 0 spiro atoms. The van der Waals surface area contributed by atoms with Crippen LogP contribution in [0.1, 0.15) is 32.1 Å². The number of piperidine rings is 1. The molecule has 0 unspecified atom stereocenters. The molecule has 1 aromatic rings. The lowest BCUT2D eigenvalue weighted by atomic mass is 9.82. The van der Waals surface area contributed by atoms with Crippen molar-refractivity contribution in [1.82, 2.24) is 15.0 Å². The Labute approximate surface area is 130 Å². The van der Waals surface area contributed by atoms with Gasteiger partial charge in [-0.25, -0.2) is 0 Å². The Morgan fingerprint density at radius 3 is 2.57 bits per heavy atom. The lowest BCUT2D eigenvalue weighted by Gasteiger charge is -2.34. The Balaban J connectivity index is 1.70. The number of hydrogen-bond donors (Lipinski definition) is 1. The van der Waals surface area contributed by atoms with E-state index in [1.807, 2.05) is 11.9 Å². The first-order valence-electron chi connectivity index (χ1n) is 7.67. The van der Waals surface area contributed by atoms with Crippen LogP contribution in [0.5, 0.6) is 0 Å². The summed E-state index contributed by atoms with van der Waals surface area (Å²) in [4.78, 5) is 17.3. The number of nitrogens with zero attached hydrogens (tertiary/aromatic N) is 5. The van der Waals surface area contributed by atoms with Gasteiger partial charge in [0, 0.05) is 26.7 Å². The van der Waals surface area contributed by atoms with E-state index in [0.717, 1.165) is 32.5 Å². The number of rotatable bonds is 4. The van der Waals surface area contributed by atoms with Gasteiger partial charge in [-0.05, 0) is 49.6 Å². The fraction of sp³-hybridized carbons (Fsp3) is 0.786. The summed E-state index contributed by atoms with van der Waals surface area (Å²) in [7, 11) is 1.97. The van der Waals surface area contributed by atoms with Gasteiger partial charge in [0.25, 0.3) is 0 Å². The molecule has 2 heterocycles. The lowest BCUT2D eigenvalue weighted by molar-refractivity contribution is 0.0463. The molecular weight excluding hydrogens is 290 g/mol. The Hall–Kier alpha value is -1.14. The van der Waals surface area contributed by atoms with Gasteiger partial charge in [0.2, 0.25) is 17.2 Å². The predicted molar refractivity (Wildman–Crippen MR) is 82.9 cm³/mol. The molecule has 116 valence electrons. The van der Waals surface area contributed by atoms with Gasteiger partial charge in [-0.15, -0.1) is 0 Å². The summed E-state index contributed by atoms with van der Waals surface area (Å²) in [6.45, 7) is 2.81. The van der Waals surface area contributed by atoms with E-state index >= 15 is 0 Å². The first kappa shape index (κ1) is 14.8. The molecule has 2 aliphatic rings. The molecule has 0 amide bonds. The largest absolute Gasteiger partial charge is 0.393 e. The molecule has 1 aliphatic heterocycles. The standard InChI is InChI=1S/C14H22ClN5O/c1-19(9-10-7-11(21)8-10)13-16-12(15)17-14(18-13)20-5-3-2-4-6-20/h10-11,21H,2-9H2,1H3. The Kier molecular flexibility index (Phi) is 4.45. The molecule has 2 fully saturated rings. The van der Waals surface area contributed by atoms with Crippen molar-refractivity contribution in [3.63, 3.8) is 0 Å².